The number of benzene rings is 1. The first-order valence-corrected chi connectivity index (χ1v) is 4.54. The highest BCUT2D eigenvalue weighted by Crippen LogP contribution is 2.23. The van der Waals surface area contributed by atoms with Gasteiger partial charge < -0.3 is 5.11 Å². The van der Waals surface area contributed by atoms with E-state index in [1.807, 2.05) is 18.2 Å². The maximum Gasteiger partial charge on any atom is 0.150 e. The molecule has 0 aliphatic carbocycles. The molecule has 0 aromatic heterocycles. The van der Waals surface area contributed by atoms with Gasteiger partial charge in [-0.1, -0.05) is 24.3 Å². The van der Waals surface area contributed by atoms with Crippen LogP contribution >= 0.6 is 0 Å². The number of hydrazine groups is 1. The number of nitrogens with one attached hydrogen (secondary N) is 2. The quantitative estimate of drug-likeness (QED) is 0.592. The molecule has 4 nitrogen and oxygen atoms in total. The van der Waals surface area contributed by atoms with E-state index in [-0.39, 0.29) is 6.04 Å². The molecule has 0 spiro atoms. The van der Waals surface area contributed by atoms with Gasteiger partial charge in [0.05, 0.1) is 6.04 Å². The Bertz CT molecular complexity index is 341. The third-order valence-electron chi connectivity index (χ3n) is 2.38. The lowest BCUT2D eigenvalue weighted by Gasteiger charge is -2.11. The summed E-state index contributed by atoms with van der Waals surface area (Å²) in [5.74, 6) is 0. The smallest absolute Gasteiger partial charge is 0.150 e. The van der Waals surface area contributed by atoms with Crippen molar-refractivity contribution in [2.75, 3.05) is 0 Å². The highest BCUT2D eigenvalue weighted by Gasteiger charge is 2.24. The van der Waals surface area contributed by atoms with Gasteiger partial charge in [-0.05, 0) is 5.56 Å². The van der Waals surface area contributed by atoms with Crippen LogP contribution in [0.1, 0.15) is 28.4 Å². The van der Waals surface area contributed by atoms with E-state index in [2.05, 4.69) is 10.9 Å². The lowest BCUT2D eigenvalue weighted by molar-refractivity contribution is 0.112. The Labute approximate surface area is 81.9 Å². The number of hydrogen-bond acceptors (Lipinski definition) is 4. The first-order chi connectivity index (χ1) is 6.81. The summed E-state index contributed by atoms with van der Waals surface area (Å²) in [6.45, 7) is 0. The third kappa shape index (κ3) is 1.68. The largest absolute Gasteiger partial charge is 0.377 e. The summed E-state index contributed by atoms with van der Waals surface area (Å²) in [6.07, 6.45) is 0.867. The minimum atomic E-state index is -0.542. The number of aliphatic hydroxyl groups excluding tert-OH is 1. The van der Waals surface area contributed by atoms with Crippen molar-refractivity contribution in [2.45, 2.75) is 18.7 Å². The summed E-state index contributed by atoms with van der Waals surface area (Å²) in [5.41, 5.74) is 7.24. The molecule has 1 aromatic rings. The molecular weight excluding hydrogens is 180 g/mol. The van der Waals surface area contributed by atoms with Crippen molar-refractivity contribution in [1.29, 1.82) is 0 Å². The number of aldehydes is 1. The molecule has 1 aromatic carbocycles. The lowest BCUT2D eigenvalue weighted by Crippen LogP contribution is -2.30. The maximum absolute atomic E-state index is 10.8. The molecule has 0 amide bonds. The van der Waals surface area contributed by atoms with E-state index < -0.39 is 6.23 Å². The average molecular weight is 192 g/mol. The van der Waals surface area contributed by atoms with Crippen LogP contribution in [-0.4, -0.2) is 17.6 Å². The standard InChI is InChI=1S/C10H12N2O2/c13-6-7-3-1-2-4-8(7)9-5-10(14)12-11-9/h1-4,6,9-12,14H,5H2. The minimum absolute atomic E-state index is 0.00593. The van der Waals surface area contributed by atoms with Crippen molar-refractivity contribution in [1.82, 2.24) is 10.9 Å². The van der Waals surface area contributed by atoms with Gasteiger partial charge in [0.1, 0.15) is 12.5 Å². The fourth-order valence-electron chi connectivity index (χ4n) is 1.68. The van der Waals surface area contributed by atoms with E-state index in [1.165, 1.54) is 0 Å². The number of carbonyl (C=O) groups excluding carboxylic acids is 1. The van der Waals surface area contributed by atoms with Crippen LogP contribution in [0.3, 0.4) is 0 Å². The summed E-state index contributed by atoms with van der Waals surface area (Å²) in [6, 6.07) is 7.38. The van der Waals surface area contributed by atoms with Gasteiger partial charge in [0.25, 0.3) is 0 Å². The summed E-state index contributed by atoms with van der Waals surface area (Å²) in [5, 5.41) is 9.26. The fourth-order valence-corrected chi connectivity index (χ4v) is 1.68. The van der Waals surface area contributed by atoms with Gasteiger partial charge in [-0.15, -0.1) is 0 Å². The van der Waals surface area contributed by atoms with E-state index in [0.29, 0.717) is 12.0 Å². The van der Waals surface area contributed by atoms with Crippen LogP contribution in [0.2, 0.25) is 0 Å². The molecule has 1 saturated heterocycles. The molecule has 2 atom stereocenters. The number of aliphatic hydroxyl groups is 1. The van der Waals surface area contributed by atoms with E-state index in [1.54, 1.807) is 6.07 Å². The Morgan fingerprint density at radius 1 is 1.36 bits per heavy atom. The Morgan fingerprint density at radius 3 is 2.79 bits per heavy atom. The Balaban J connectivity index is 2.27. The summed E-state index contributed by atoms with van der Waals surface area (Å²) >= 11 is 0. The van der Waals surface area contributed by atoms with Crippen LogP contribution in [-0.2, 0) is 0 Å². The highest BCUT2D eigenvalue weighted by molar-refractivity contribution is 5.77. The van der Waals surface area contributed by atoms with Crippen molar-refractivity contribution in [3.8, 4) is 0 Å². The number of rotatable bonds is 2. The molecule has 0 radical (unpaired) electrons. The van der Waals surface area contributed by atoms with Crippen molar-refractivity contribution < 1.29 is 9.90 Å². The van der Waals surface area contributed by atoms with Crippen molar-refractivity contribution in [3.05, 3.63) is 35.4 Å². The third-order valence-corrected chi connectivity index (χ3v) is 2.38. The van der Waals surface area contributed by atoms with Gasteiger partial charge in [-0.25, -0.2) is 10.9 Å². The van der Waals surface area contributed by atoms with Crippen LogP contribution in [0, 0.1) is 0 Å². The molecule has 1 fully saturated rings. The monoisotopic (exact) mass is 192 g/mol. The topological polar surface area (TPSA) is 61.4 Å². The van der Waals surface area contributed by atoms with Gasteiger partial charge >= 0.3 is 0 Å². The van der Waals surface area contributed by atoms with E-state index >= 15 is 0 Å². The minimum Gasteiger partial charge on any atom is -0.377 e. The average Bonchev–Trinajstić information content (AvgIpc) is 2.65. The second kappa shape index (κ2) is 3.88. The van der Waals surface area contributed by atoms with E-state index in [9.17, 15) is 9.90 Å². The summed E-state index contributed by atoms with van der Waals surface area (Å²) in [4.78, 5) is 10.8. The van der Waals surface area contributed by atoms with E-state index in [0.717, 1.165) is 11.8 Å². The zero-order valence-electron chi connectivity index (χ0n) is 7.60. The van der Waals surface area contributed by atoms with E-state index in [4.69, 9.17) is 0 Å². The molecule has 3 N–H and O–H groups in total. The predicted molar refractivity (Wildman–Crippen MR) is 51.5 cm³/mol. The second-order valence-electron chi connectivity index (χ2n) is 3.34. The molecule has 1 aliphatic heterocycles. The first kappa shape index (κ1) is 9.33. The zero-order valence-corrected chi connectivity index (χ0v) is 7.60. The number of carbonyl (C=O) groups is 1. The van der Waals surface area contributed by atoms with Crippen LogP contribution in [0.5, 0.6) is 0 Å². The van der Waals surface area contributed by atoms with Crippen LogP contribution in [0.15, 0.2) is 24.3 Å². The molecule has 4 heteroatoms. The Kier molecular flexibility index (Phi) is 2.58. The highest BCUT2D eigenvalue weighted by atomic mass is 16.3. The fraction of sp³-hybridized carbons (Fsp3) is 0.300. The lowest BCUT2D eigenvalue weighted by atomic mass is 10.00. The zero-order chi connectivity index (χ0) is 9.97. The molecule has 0 bridgehead atoms. The van der Waals surface area contributed by atoms with Gasteiger partial charge in [0.2, 0.25) is 0 Å². The van der Waals surface area contributed by atoms with Crippen molar-refractivity contribution in [3.63, 3.8) is 0 Å². The predicted octanol–water partition coefficient (Wildman–Crippen LogP) is 0.356. The molecular formula is C10H12N2O2. The Hall–Kier alpha value is -1.23. The van der Waals surface area contributed by atoms with Gasteiger partial charge in [0, 0.05) is 12.0 Å². The number of hydrogen-bond donors (Lipinski definition) is 3. The van der Waals surface area contributed by atoms with Gasteiger partial charge in [-0.2, -0.15) is 0 Å². The van der Waals surface area contributed by atoms with Crippen LogP contribution < -0.4 is 10.9 Å². The Morgan fingerprint density at radius 2 is 2.14 bits per heavy atom. The molecule has 2 unspecified atom stereocenters. The molecule has 0 saturated carbocycles. The van der Waals surface area contributed by atoms with Crippen LogP contribution in [0.4, 0.5) is 0 Å². The first-order valence-electron chi connectivity index (χ1n) is 4.54. The maximum atomic E-state index is 10.8. The molecule has 1 aliphatic rings. The normalized spacial score (nSPS) is 26.4. The molecule has 1 heterocycles. The van der Waals surface area contributed by atoms with Gasteiger partial charge in [-0.3, -0.25) is 4.79 Å². The van der Waals surface area contributed by atoms with Crippen molar-refractivity contribution >= 4 is 6.29 Å². The van der Waals surface area contributed by atoms with Crippen molar-refractivity contribution in [2.24, 2.45) is 0 Å². The summed E-state index contributed by atoms with van der Waals surface area (Å²) in [7, 11) is 0. The molecule has 2 rings (SSSR count). The van der Waals surface area contributed by atoms with Gasteiger partial charge in [0.15, 0.2) is 0 Å². The molecule has 74 valence electrons. The second-order valence-corrected chi connectivity index (χ2v) is 3.34. The molecule has 14 heavy (non-hydrogen) atoms. The van der Waals surface area contributed by atoms with Crippen LogP contribution in [0.25, 0.3) is 0 Å². The summed E-state index contributed by atoms with van der Waals surface area (Å²) < 4.78 is 0. The SMILES string of the molecule is O=Cc1ccccc1C1CC(O)NN1.